The van der Waals surface area contributed by atoms with Gasteiger partial charge < -0.3 is 10.1 Å². The highest BCUT2D eigenvalue weighted by atomic mass is 16.5. The first kappa shape index (κ1) is 21.8. The van der Waals surface area contributed by atoms with E-state index in [1.165, 1.54) is 23.1 Å². The van der Waals surface area contributed by atoms with Gasteiger partial charge in [0.25, 0.3) is 0 Å². The summed E-state index contributed by atoms with van der Waals surface area (Å²) in [6.45, 7) is 7.30. The van der Waals surface area contributed by atoms with Crippen molar-refractivity contribution in [3.8, 4) is 5.75 Å². The molecule has 2 atom stereocenters. The van der Waals surface area contributed by atoms with Crippen LogP contribution in [0.4, 0.5) is 0 Å². The van der Waals surface area contributed by atoms with Gasteiger partial charge in [-0.2, -0.15) is 0 Å². The average molecular weight is 422 g/mol. The molecule has 1 aromatic heterocycles. The molecule has 4 rings (SSSR count). The summed E-state index contributed by atoms with van der Waals surface area (Å²) in [7, 11) is 1.73. The fourth-order valence-electron chi connectivity index (χ4n) is 4.93. The van der Waals surface area contributed by atoms with Gasteiger partial charge in [0, 0.05) is 25.2 Å². The number of rotatable bonds is 7. The van der Waals surface area contributed by atoms with Crippen molar-refractivity contribution in [2.24, 2.45) is 11.8 Å². The quantitative estimate of drug-likeness (QED) is 0.711. The number of hydrogen-bond acceptors (Lipinski definition) is 4. The largest absolute Gasteiger partial charge is 0.496 e. The highest BCUT2D eigenvalue weighted by Gasteiger charge is 2.33. The van der Waals surface area contributed by atoms with Crippen LogP contribution >= 0.6 is 0 Å². The molecule has 0 unspecified atom stereocenters. The molecular formula is C26H35N3O2. The van der Waals surface area contributed by atoms with Crippen molar-refractivity contribution in [2.45, 2.75) is 58.5 Å². The maximum Gasteiger partial charge on any atom is 0.223 e. The van der Waals surface area contributed by atoms with Crippen LogP contribution in [0.1, 0.15) is 60.5 Å². The molecule has 2 aromatic rings. The van der Waals surface area contributed by atoms with Gasteiger partial charge in [-0.3, -0.25) is 14.7 Å². The molecule has 2 aliphatic rings. The van der Waals surface area contributed by atoms with E-state index in [2.05, 4.69) is 47.2 Å². The van der Waals surface area contributed by atoms with Gasteiger partial charge in [-0.25, -0.2) is 0 Å². The molecule has 0 bridgehead atoms. The van der Waals surface area contributed by atoms with E-state index in [1.54, 1.807) is 7.11 Å². The number of methoxy groups -OCH3 is 1. The lowest BCUT2D eigenvalue weighted by molar-refractivity contribution is -0.128. The van der Waals surface area contributed by atoms with Crippen LogP contribution in [-0.2, 0) is 11.3 Å². The molecule has 5 nitrogen and oxygen atoms in total. The number of nitrogens with zero attached hydrogens (tertiary/aromatic N) is 2. The van der Waals surface area contributed by atoms with E-state index < -0.39 is 0 Å². The third kappa shape index (κ3) is 4.93. The first-order valence-electron chi connectivity index (χ1n) is 11.6. The van der Waals surface area contributed by atoms with Gasteiger partial charge in [0.1, 0.15) is 5.75 Å². The molecule has 0 radical (unpaired) electrons. The Hall–Kier alpha value is -2.40. The van der Waals surface area contributed by atoms with E-state index in [-0.39, 0.29) is 17.9 Å². The van der Waals surface area contributed by atoms with E-state index in [0.29, 0.717) is 5.92 Å². The van der Waals surface area contributed by atoms with E-state index in [0.717, 1.165) is 56.8 Å². The van der Waals surface area contributed by atoms with Crippen LogP contribution in [0.25, 0.3) is 0 Å². The van der Waals surface area contributed by atoms with Crippen LogP contribution < -0.4 is 10.1 Å². The van der Waals surface area contributed by atoms with Crippen molar-refractivity contribution in [1.82, 2.24) is 15.2 Å². The standard InChI is InChI=1S/C26H35N3O2/c1-18-19(2)24(31-3)13-12-21(18)16-29-15-7-10-22(17-29)25(23-11-4-5-14-27-23)28-26(30)20-8-6-9-20/h4-5,11-14,20,22,25H,6-10,15-17H2,1-3H3,(H,28,30)/t22-,25+/m1/s1. The minimum atomic E-state index is -0.0178. The highest BCUT2D eigenvalue weighted by Crippen LogP contribution is 2.33. The summed E-state index contributed by atoms with van der Waals surface area (Å²) in [5.41, 5.74) is 4.86. The normalized spacial score (nSPS) is 20.7. The zero-order valence-corrected chi connectivity index (χ0v) is 19.1. The number of piperidine rings is 1. The lowest BCUT2D eigenvalue weighted by Crippen LogP contribution is -2.45. The SMILES string of the molecule is COc1ccc(CN2CCC[C@@H]([C@H](NC(=O)C3CCC3)c3ccccn3)C2)c(C)c1C. The number of carbonyl (C=O) groups is 1. The molecule has 2 heterocycles. The summed E-state index contributed by atoms with van der Waals surface area (Å²) < 4.78 is 5.48. The highest BCUT2D eigenvalue weighted by molar-refractivity contribution is 5.79. The molecule has 166 valence electrons. The van der Waals surface area contributed by atoms with Crippen LogP contribution in [0.5, 0.6) is 5.75 Å². The summed E-state index contributed by atoms with van der Waals surface area (Å²) >= 11 is 0. The van der Waals surface area contributed by atoms with E-state index in [1.807, 2.05) is 18.3 Å². The Bertz CT molecular complexity index is 895. The fraction of sp³-hybridized carbons (Fsp3) is 0.538. The van der Waals surface area contributed by atoms with Crippen LogP contribution in [0.2, 0.25) is 0 Å². The van der Waals surface area contributed by atoms with Crippen LogP contribution in [-0.4, -0.2) is 36.0 Å². The van der Waals surface area contributed by atoms with Gasteiger partial charge in [0.2, 0.25) is 5.91 Å². The van der Waals surface area contributed by atoms with Gasteiger partial charge in [-0.15, -0.1) is 0 Å². The number of likely N-dealkylation sites (tertiary alicyclic amines) is 1. The fourth-order valence-corrected chi connectivity index (χ4v) is 4.93. The van der Waals surface area contributed by atoms with Crippen LogP contribution in [0.3, 0.4) is 0 Å². The first-order valence-corrected chi connectivity index (χ1v) is 11.6. The number of amides is 1. The van der Waals surface area contributed by atoms with Crippen molar-refractivity contribution in [3.05, 3.63) is 58.9 Å². The number of carbonyl (C=O) groups excluding carboxylic acids is 1. The van der Waals surface area contributed by atoms with Crippen LogP contribution in [0.15, 0.2) is 36.5 Å². The van der Waals surface area contributed by atoms with Gasteiger partial charge in [-0.05, 0) is 86.9 Å². The van der Waals surface area contributed by atoms with Gasteiger partial charge >= 0.3 is 0 Å². The molecule has 1 amide bonds. The van der Waals surface area contributed by atoms with Gasteiger partial charge in [0.15, 0.2) is 0 Å². The second kappa shape index (κ2) is 9.82. The monoisotopic (exact) mass is 421 g/mol. The van der Waals surface area contributed by atoms with Gasteiger partial charge in [0.05, 0.1) is 18.8 Å². The first-order chi connectivity index (χ1) is 15.1. The number of hydrogen-bond donors (Lipinski definition) is 1. The zero-order valence-electron chi connectivity index (χ0n) is 19.1. The number of pyridine rings is 1. The molecule has 31 heavy (non-hydrogen) atoms. The average Bonchev–Trinajstić information content (AvgIpc) is 2.75. The topological polar surface area (TPSA) is 54.5 Å². The van der Waals surface area contributed by atoms with Crippen molar-refractivity contribution in [2.75, 3.05) is 20.2 Å². The number of benzene rings is 1. The molecule has 1 aliphatic heterocycles. The number of nitrogens with one attached hydrogen (secondary N) is 1. The molecule has 1 aromatic carbocycles. The molecule has 1 N–H and O–H groups in total. The Morgan fingerprint density at radius 3 is 2.68 bits per heavy atom. The Balaban J connectivity index is 1.49. The molecular weight excluding hydrogens is 386 g/mol. The van der Waals surface area contributed by atoms with E-state index in [9.17, 15) is 4.79 Å². The number of aromatic nitrogens is 1. The van der Waals surface area contributed by atoms with Crippen molar-refractivity contribution in [3.63, 3.8) is 0 Å². The summed E-state index contributed by atoms with van der Waals surface area (Å²) in [5, 5.41) is 3.38. The maximum atomic E-state index is 12.8. The summed E-state index contributed by atoms with van der Waals surface area (Å²) in [6.07, 6.45) is 7.30. The van der Waals surface area contributed by atoms with Crippen LogP contribution in [0, 0.1) is 25.7 Å². The molecule has 1 aliphatic carbocycles. The molecule has 5 heteroatoms. The lowest BCUT2D eigenvalue weighted by atomic mass is 9.83. The Kier molecular flexibility index (Phi) is 6.91. The predicted octanol–water partition coefficient (Wildman–Crippen LogP) is 4.58. The third-order valence-electron chi connectivity index (χ3n) is 7.26. The van der Waals surface area contributed by atoms with E-state index >= 15 is 0 Å². The van der Waals surface area contributed by atoms with E-state index in [4.69, 9.17) is 4.74 Å². The second-order valence-electron chi connectivity index (χ2n) is 9.18. The maximum absolute atomic E-state index is 12.8. The minimum Gasteiger partial charge on any atom is -0.496 e. The summed E-state index contributed by atoms with van der Waals surface area (Å²) in [5.74, 6) is 1.72. The zero-order chi connectivity index (χ0) is 21.8. The number of ether oxygens (including phenoxy) is 1. The predicted molar refractivity (Wildman–Crippen MR) is 123 cm³/mol. The lowest BCUT2D eigenvalue weighted by Gasteiger charge is -2.38. The molecule has 2 fully saturated rings. The molecule has 1 saturated heterocycles. The molecule has 0 spiro atoms. The molecule has 1 saturated carbocycles. The smallest absolute Gasteiger partial charge is 0.223 e. The minimum absolute atomic E-state index is 0.0178. The summed E-state index contributed by atoms with van der Waals surface area (Å²) in [6, 6.07) is 10.3. The Morgan fingerprint density at radius 2 is 2.00 bits per heavy atom. The van der Waals surface area contributed by atoms with Crippen molar-refractivity contribution >= 4 is 5.91 Å². The summed E-state index contributed by atoms with van der Waals surface area (Å²) in [4.78, 5) is 20.0. The van der Waals surface area contributed by atoms with Crippen molar-refractivity contribution < 1.29 is 9.53 Å². The van der Waals surface area contributed by atoms with Crippen molar-refractivity contribution in [1.29, 1.82) is 0 Å². The third-order valence-corrected chi connectivity index (χ3v) is 7.26. The Morgan fingerprint density at radius 1 is 1.16 bits per heavy atom. The van der Waals surface area contributed by atoms with Gasteiger partial charge in [-0.1, -0.05) is 18.6 Å². The Labute approximate surface area is 186 Å². The second-order valence-corrected chi connectivity index (χ2v) is 9.18.